The second kappa shape index (κ2) is 8.88. The van der Waals surface area contributed by atoms with Crippen molar-refractivity contribution >= 4 is 72.2 Å². The van der Waals surface area contributed by atoms with Gasteiger partial charge < -0.3 is 14.4 Å². The van der Waals surface area contributed by atoms with Crippen LogP contribution < -0.4 is 9.64 Å². The van der Waals surface area contributed by atoms with E-state index in [0.717, 1.165) is 38.5 Å². The molecule has 1 aliphatic rings. The first-order chi connectivity index (χ1) is 12.4. The highest BCUT2D eigenvalue weighted by Crippen LogP contribution is 2.27. The van der Waals surface area contributed by atoms with Crippen LogP contribution in [0.1, 0.15) is 0 Å². The van der Waals surface area contributed by atoms with Gasteiger partial charge in [0, 0.05) is 49.7 Å². The largest absolute Gasteiger partial charge is 0.504 e. The van der Waals surface area contributed by atoms with Crippen molar-refractivity contribution in [3.8, 4) is 5.75 Å². The number of piperazine rings is 1. The van der Waals surface area contributed by atoms with Crippen LogP contribution in [-0.2, 0) is 4.74 Å². The number of alkyl halides is 1. The lowest BCUT2D eigenvalue weighted by Gasteiger charge is -2.47. The molecule has 1 aromatic carbocycles. The molecule has 1 heterocycles. The average Bonchev–Trinajstić information content (AvgIpc) is 2.54. The van der Waals surface area contributed by atoms with Gasteiger partial charge in [-0.2, -0.15) is 0 Å². The molecular weight excluding hydrogens is 351 g/mol. The minimum absolute atomic E-state index is 0.223. The number of nitrogens with zero attached hydrogens (tertiary/aromatic N) is 2. The molecule has 0 atom stereocenters. The Kier molecular flexibility index (Phi) is 7.49. The zero-order valence-electron chi connectivity index (χ0n) is 18.1. The van der Waals surface area contributed by atoms with Crippen molar-refractivity contribution in [3.63, 3.8) is 0 Å². The lowest BCUT2D eigenvalue weighted by molar-refractivity contribution is 0.00241. The molecule has 1 aromatic rings. The van der Waals surface area contributed by atoms with E-state index in [9.17, 15) is 0 Å². The highest BCUT2D eigenvalue weighted by Gasteiger charge is 2.41. The van der Waals surface area contributed by atoms with Gasteiger partial charge in [0.2, 0.25) is 0 Å². The van der Waals surface area contributed by atoms with E-state index in [1.165, 1.54) is 5.69 Å². The van der Waals surface area contributed by atoms with E-state index in [1.807, 2.05) is 0 Å². The molecule has 0 N–H and O–H groups in total. The van der Waals surface area contributed by atoms with Gasteiger partial charge in [0.25, 0.3) is 0 Å². The highest BCUT2D eigenvalue weighted by atomic mass is 35.5. The molecule has 12 heteroatoms. The Hall–Kier alpha value is -0.515. The molecule has 0 spiro atoms. The summed E-state index contributed by atoms with van der Waals surface area (Å²) >= 11 is 5.85. The second-order valence-electron chi connectivity index (χ2n) is 9.35. The summed E-state index contributed by atoms with van der Waals surface area (Å²) < 4.78 is 12.6. The Morgan fingerprint density at radius 3 is 1.89 bits per heavy atom. The predicted molar refractivity (Wildman–Crippen MR) is 136 cm³/mol. The van der Waals surface area contributed by atoms with Crippen molar-refractivity contribution in [3.05, 3.63) is 24.3 Å². The van der Waals surface area contributed by atoms with Crippen molar-refractivity contribution in [1.29, 1.82) is 0 Å². The Balaban J connectivity index is 1.99. The van der Waals surface area contributed by atoms with E-state index in [2.05, 4.69) is 89.0 Å². The zero-order valence-corrected chi connectivity index (χ0v) is 18.9. The van der Waals surface area contributed by atoms with Gasteiger partial charge in [-0.15, -0.1) is 11.6 Å². The Labute approximate surface area is 176 Å². The summed E-state index contributed by atoms with van der Waals surface area (Å²) in [5, 5.41) is -1.11. The summed E-state index contributed by atoms with van der Waals surface area (Å²) in [6.45, 7) is 5.18. The fourth-order valence-electron chi connectivity index (χ4n) is 3.38. The van der Waals surface area contributed by atoms with E-state index < -0.39 is 10.8 Å². The van der Waals surface area contributed by atoms with Crippen molar-refractivity contribution in [2.24, 2.45) is 0 Å². The molecule has 1 aliphatic heterocycles. The van der Waals surface area contributed by atoms with Crippen LogP contribution in [0, 0.1) is 0 Å². The molecule has 0 bridgehead atoms. The molecule has 0 aliphatic carbocycles. The number of benzene rings is 1. The maximum absolute atomic E-state index is 6.34. The average molecular weight is 382 g/mol. The predicted octanol–water partition coefficient (Wildman–Crippen LogP) is -5.21. The van der Waals surface area contributed by atoms with E-state index in [4.69, 9.17) is 21.1 Å². The second-order valence-corrected chi connectivity index (χ2v) is 9.73. The molecule has 140 valence electrons. The van der Waals surface area contributed by atoms with Crippen LogP contribution in [0.3, 0.4) is 0 Å². The van der Waals surface area contributed by atoms with Gasteiger partial charge >= 0.3 is 0 Å². The molecular formula is C15H30B7ClN2O2. The van der Waals surface area contributed by atoms with Gasteiger partial charge in [-0.25, -0.2) is 0 Å². The van der Waals surface area contributed by atoms with E-state index in [1.54, 1.807) is 0 Å². The smallest absolute Gasteiger partial charge is 0.148 e. The first-order valence-corrected chi connectivity index (χ1v) is 10.5. The monoisotopic (exact) mass is 382 g/mol. The minimum Gasteiger partial charge on any atom is -0.504 e. The summed E-state index contributed by atoms with van der Waals surface area (Å²) in [6, 6.07) is 8.44. The number of halogens is 1. The van der Waals surface area contributed by atoms with Crippen molar-refractivity contribution in [1.82, 2.24) is 4.90 Å². The van der Waals surface area contributed by atoms with Gasteiger partial charge in [-0.3, -0.25) is 4.90 Å². The molecule has 4 nitrogen and oxygen atoms in total. The van der Waals surface area contributed by atoms with E-state index >= 15 is 0 Å². The first kappa shape index (κ1) is 22.8. The number of anilines is 1. The molecule has 2 rings (SSSR count). The SMILES string of the molecule is BC(B)(B)OC(B)(B)C(B)(B)Oc1ccc(N2CCN(CCCl)CC2)cc1. The van der Waals surface area contributed by atoms with Crippen LogP contribution in [0.5, 0.6) is 5.75 Å². The van der Waals surface area contributed by atoms with Crippen molar-refractivity contribution < 1.29 is 9.47 Å². The molecule has 0 aromatic heterocycles. The fourth-order valence-corrected chi connectivity index (χ4v) is 3.62. The molecule has 1 saturated heterocycles. The highest BCUT2D eigenvalue weighted by molar-refractivity contribution is 6.59. The Bertz CT molecular complexity index is 605. The van der Waals surface area contributed by atoms with Gasteiger partial charge in [0.1, 0.15) is 60.7 Å². The normalized spacial score (nSPS) is 17.0. The van der Waals surface area contributed by atoms with E-state index in [-0.39, 0.29) is 5.30 Å². The summed E-state index contributed by atoms with van der Waals surface area (Å²) in [5.41, 5.74) is 1.25. The maximum atomic E-state index is 6.34. The molecule has 1 fully saturated rings. The third kappa shape index (κ3) is 6.50. The van der Waals surface area contributed by atoms with Crippen LogP contribution in [0.25, 0.3) is 0 Å². The lowest BCUT2D eigenvalue weighted by Crippen LogP contribution is -2.65. The summed E-state index contributed by atoms with van der Waals surface area (Å²) in [5.74, 6) is 1.58. The summed E-state index contributed by atoms with van der Waals surface area (Å²) in [6.07, 6.45) is 0. The van der Waals surface area contributed by atoms with Crippen LogP contribution in [0.4, 0.5) is 5.69 Å². The number of ether oxygens (including phenoxy) is 2. The van der Waals surface area contributed by atoms with Crippen LogP contribution >= 0.6 is 11.6 Å². The fraction of sp³-hybridized carbons (Fsp3) is 0.600. The van der Waals surface area contributed by atoms with Gasteiger partial charge in [-0.05, 0) is 29.6 Å². The topological polar surface area (TPSA) is 24.9 Å². The van der Waals surface area contributed by atoms with Crippen LogP contribution in [0.15, 0.2) is 24.3 Å². The molecule has 0 unspecified atom stereocenters. The zero-order chi connectivity index (χ0) is 20.3. The van der Waals surface area contributed by atoms with Gasteiger partial charge in [-0.1, -0.05) is 0 Å². The number of hydrogen-bond acceptors (Lipinski definition) is 4. The molecule has 0 radical (unpaired) electrons. The quantitative estimate of drug-likeness (QED) is 0.332. The standard InChI is InChI=1S/C15H30B7ClN2O2/c16-13(17,14(18,19)27-15(20,21)22)26-12-3-1-11(2-4-12)25-9-7-24(6-5-23)8-10-25/h1-4H,5-10,16-22H2. The molecule has 0 amide bonds. The Morgan fingerprint density at radius 2 is 1.41 bits per heavy atom. The van der Waals surface area contributed by atoms with Crippen molar-refractivity contribution in [2.45, 2.75) is 16.1 Å². The van der Waals surface area contributed by atoms with Crippen LogP contribution in [-0.4, -0.2) is 115 Å². The number of rotatable bonds is 8. The van der Waals surface area contributed by atoms with Gasteiger partial charge in [0.05, 0.1) is 5.40 Å². The summed E-state index contributed by atoms with van der Waals surface area (Å²) in [7, 11) is 14.6. The first-order valence-electron chi connectivity index (χ1n) is 9.96. The maximum Gasteiger partial charge on any atom is 0.148 e. The summed E-state index contributed by atoms with van der Waals surface area (Å²) in [4.78, 5) is 4.84. The van der Waals surface area contributed by atoms with Crippen LogP contribution in [0.2, 0.25) is 0 Å². The van der Waals surface area contributed by atoms with Crippen molar-refractivity contribution in [2.75, 3.05) is 43.5 Å². The van der Waals surface area contributed by atoms with E-state index in [0.29, 0.717) is 5.88 Å². The molecule has 27 heavy (non-hydrogen) atoms. The lowest BCUT2D eigenvalue weighted by atomic mass is 9.40. The number of hydrogen-bond donors (Lipinski definition) is 0. The van der Waals surface area contributed by atoms with Gasteiger partial charge in [0.15, 0.2) is 0 Å². The third-order valence-electron chi connectivity index (χ3n) is 5.36. The minimum atomic E-state index is -0.463. The third-order valence-corrected chi connectivity index (χ3v) is 5.53. The Morgan fingerprint density at radius 1 is 0.852 bits per heavy atom. The molecule has 0 saturated carbocycles.